The average Bonchev–Trinajstić information content (AvgIpc) is 2.48. The van der Waals surface area contributed by atoms with Crippen molar-refractivity contribution in [2.24, 2.45) is 0 Å². The van der Waals surface area contributed by atoms with Gasteiger partial charge < -0.3 is 10.1 Å². The molecular formula is C19H25NO2. The zero-order chi connectivity index (χ0) is 15.1. The van der Waals surface area contributed by atoms with Crippen molar-refractivity contribution < 1.29 is 9.53 Å². The van der Waals surface area contributed by atoms with Gasteiger partial charge in [-0.15, -0.1) is 0 Å². The summed E-state index contributed by atoms with van der Waals surface area (Å²) >= 11 is 0. The fourth-order valence-corrected chi connectivity index (χ4v) is 2.22. The molecule has 1 amide bonds. The Bertz CT molecular complexity index is 581. The van der Waals surface area contributed by atoms with Gasteiger partial charge in [-0.1, -0.05) is 43.8 Å². The molecule has 0 saturated carbocycles. The molecule has 0 radical (unpaired) electrons. The minimum atomic E-state index is -0.0695. The SMILES string of the molecule is C.CCOc1cccc(C(=O)N[C@H](C)Cc2ccccc2)c1. The maximum Gasteiger partial charge on any atom is 0.251 e. The van der Waals surface area contributed by atoms with Gasteiger partial charge in [0.2, 0.25) is 0 Å². The zero-order valence-corrected chi connectivity index (χ0v) is 12.5. The van der Waals surface area contributed by atoms with Crippen LogP contribution < -0.4 is 10.1 Å². The molecular weight excluding hydrogens is 274 g/mol. The van der Waals surface area contributed by atoms with E-state index in [1.807, 2.05) is 44.2 Å². The summed E-state index contributed by atoms with van der Waals surface area (Å²) in [5, 5.41) is 3.02. The van der Waals surface area contributed by atoms with E-state index in [4.69, 9.17) is 4.74 Å². The van der Waals surface area contributed by atoms with Crippen LogP contribution in [0.5, 0.6) is 5.75 Å². The fourth-order valence-electron chi connectivity index (χ4n) is 2.22. The van der Waals surface area contributed by atoms with Crippen molar-refractivity contribution in [3.63, 3.8) is 0 Å². The third kappa shape index (κ3) is 5.24. The van der Waals surface area contributed by atoms with Crippen molar-refractivity contribution in [3.8, 4) is 5.75 Å². The van der Waals surface area contributed by atoms with Gasteiger partial charge in [0.1, 0.15) is 5.75 Å². The molecule has 1 atom stereocenters. The van der Waals surface area contributed by atoms with Gasteiger partial charge in [-0.25, -0.2) is 0 Å². The first-order valence-corrected chi connectivity index (χ1v) is 7.26. The fraction of sp³-hybridized carbons (Fsp3) is 0.316. The molecule has 0 spiro atoms. The second-order valence-corrected chi connectivity index (χ2v) is 5.03. The van der Waals surface area contributed by atoms with Crippen molar-refractivity contribution >= 4 is 5.91 Å². The second kappa shape index (κ2) is 8.88. The number of carbonyl (C=O) groups is 1. The van der Waals surface area contributed by atoms with Gasteiger partial charge in [0, 0.05) is 11.6 Å². The Labute approximate surface area is 133 Å². The van der Waals surface area contributed by atoms with Gasteiger partial charge >= 0.3 is 0 Å². The zero-order valence-electron chi connectivity index (χ0n) is 12.5. The third-order valence-corrected chi connectivity index (χ3v) is 3.17. The molecule has 0 heterocycles. The summed E-state index contributed by atoms with van der Waals surface area (Å²) in [7, 11) is 0. The molecule has 0 unspecified atom stereocenters. The van der Waals surface area contributed by atoms with Crippen LogP contribution >= 0.6 is 0 Å². The molecule has 2 aromatic carbocycles. The summed E-state index contributed by atoms with van der Waals surface area (Å²) in [6.07, 6.45) is 0.817. The van der Waals surface area contributed by atoms with Crippen LogP contribution in [0.3, 0.4) is 0 Å². The van der Waals surface area contributed by atoms with E-state index >= 15 is 0 Å². The van der Waals surface area contributed by atoms with Crippen molar-refractivity contribution in [1.29, 1.82) is 0 Å². The number of amides is 1. The van der Waals surface area contributed by atoms with Crippen LogP contribution in [-0.2, 0) is 6.42 Å². The van der Waals surface area contributed by atoms with Crippen LogP contribution in [0.1, 0.15) is 37.2 Å². The van der Waals surface area contributed by atoms with Crippen molar-refractivity contribution in [2.75, 3.05) is 6.61 Å². The van der Waals surface area contributed by atoms with Gasteiger partial charge in [-0.05, 0) is 44.0 Å². The van der Waals surface area contributed by atoms with E-state index in [1.54, 1.807) is 12.1 Å². The van der Waals surface area contributed by atoms with Gasteiger partial charge in [-0.3, -0.25) is 4.79 Å². The quantitative estimate of drug-likeness (QED) is 0.872. The van der Waals surface area contributed by atoms with Crippen LogP contribution in [0.15, 0.2) is 54.6 Å². The summed E-state index contributed by atoms with van der Waals surface area (Å²) < 4.78 is 5.42. The summed E-state index contributed by atoms with van der Waals surface area (Å²) in [6.45, 7) is 4.53. The van der Waals surface area contributed by atoms with Crippen LogP contribution in [-0.4, -0.2) is 18.6 Å². The molecule has 0 aliphatic heterocycles. The number of ether oxygens (including phenoxy) is 1. The lowest BCUT2D eigenvalue weighted by Gasteiger charge is -2.14. The molecule has 0 aliphatic rings. The highest BCUT2D eigenvalue weighted by Gasteiger charge is 2.11. The van der Waals surface area contributed by atoms with E-state index in [2.05, 4.69) is 17.4 Å². The van der Waals surface area contributed by atoms with Gasteiger partial charge in [0.25, 0.3) is 5.91 Å². The molecule has 22 heavy (non-hydrogen) atoms. The van der Waals surface area contributed by atoms with Gasteiger partial charge in [0.15, 0.2) is 0 Å². The Hall–Kier alpha value is -2.29. The third-order valence-electron chi connectivity index (χ3n) is 3.17. The standard InChI is InChI=1S/C18H21NO2.CH4/c1-3-21-17-11-7-10-16(13-17)18(20)19-14(2)12-15-8-5-4-6-9-15;/h4-11,13-14H,3,12H2,1-2H3,(H,19,20);1H4/t14-;/m1./s1. The summed E-state index contributed by atoms with van der Waals surface area (Å²) in [6, 6.07) is 17.5. The number of benzene rings is 2. The second-order valence-electron chi connectivity index (χ2n) is 5.03. The first-order valence-electron chi connectivity index (χ1n) is 7.26. The van der Waals surface area contributed by atoms with E-state index in [0.717, 1.165) is 12.2 Å². The summed E-state index contributed by atoms with van der Waals surface area (Å²) in [5.41, 5.74) is 1.84. The highest BCUT2D eigenvalue weighted by atomic mass is 16.5. The number of carbonyl (C=O) groups excluding carboxylic acids is 1. The first-order chi connectivity index (χ1) is 10.2. The Balaban J connectivity index is 0.00000242. The monoisotopic (exact) mass is 299 g/mol. The molecule has 0 fully saturated rings. The number of hydrogen-bond donors (Lipinski definition) is 1. The van der Waals surface area contributed by atoms with E-state index < -0.39 is 0 Å². The van der Waals surface area contributed by atoms with E-state index in [9.17, 15) is 4.79 Å². The molecule has 3 heteroatoms. The Morgan fingerprint density at radius 1 is 1.14 bits per heavy atom. The van der Waals surface area contributed by atoms with Crippen molar-refractivity contribution in [1.82, 2.24) is 5.32 Å². The lowest BCUT2D eigenvalue weighted by Crippen LogP contribution is -2.34. The highest BCUT2D eigenvalue weighted by Crippen LogP contribution is 2.13. The van der Waals surface area contributed by atoms with E-state index in [0.29, 0.717) is 12.2 Å². The molecule has 3 nitrogen and oxygen atoms in total. The van der Waals surface area contributed by atoms with E-state index in [1.165, 1.54) is 5.56 Å². The first kappa shape index (κ1) is 17.8. The van der Waals surface area contributed by atoms with Crippen LogP contribution in [0.2, 0.25) is 0 Å². The number of nitrogens with one attached hydrogen (secondary N) is 1. The van der Waals surface area contributed by atoms with Gasteiger partial charge in [-0.2, -0.15) is 0 Å². The van der Waals surface area contributed by atoms with Crippen molar-refractivity contribution in [2.45, 2.75) is 33.7 Å². The number of rotatable bonds is 6. The summed E-state index contributed by atoms with van der Waals surface area (Å²) in [4.78, 5) is 12.2. The smallest absolute Gasteiger partial charge is 0.251 e. The molecule has 2 aromatic rings. The lowest BCUT2D eigenvalue weighted by atomic mass is 10.1. The predicted octanol–water partition coefficient (Wildman–Crippen LogP) is 4.08. The molecule has 1 N–H and O–H groups in total. The predicted molar refractivity (Wildman–Crippen MR) is 91.4 cm³/mol. The Morgan fingerprint density at radius 2 is 1.86 bits per heavy atom. The van der Waals surface area contributed by atoms with Crippen LogP contribution in [0, 0.1) is 0 Å². The van der Waals surface area contributed by atoms with E-state index in [-0.39, 0.29) is 19.4 Å². The largest absolute Gasteiger partial charge is 0.494 e. The molecule has 0 saturated heterocycles. The minimum absolute atomic E-state index is 0. The normalized spacial score (nSPS) is 11.2. The van der Waals surface area contributed by atoms with Crippen molar-refractivity contribution in [3.05, 3.63) is 65.7 Å². The van der Waals surface area contributed by atoms with Crippen LogP contribution in [0.25, 0.3) is 0 Å². The molecule has 0 aliphatic carbocycles. The molecule has 0 bridgehead atoms. The lowest BCUT2D eigenvalue weighted by molar-refractivity contribution is 0.0939. The molecule has 118 valence electrons. The maximum absolute atomic E-state index is 12.2. The topological polar surface area (TPSA) is 38.3 Å². The molecule has 0 aromatic heterocycles. The number of hydrogen-bond acceptors (Lipinski definition) is 2. The van der Waals surface area contributed by atoms with Gasteiger partial charge in [0.05, 0.1) is 6.61 Å². The highest BCUT2D eigenvalue weighted by molar-refractivity contribution is 5.94. The summed E-state index contributed by atoms with van der Waals surface area (Å²) in [5.74, 6) is 0.654. The minimum Gasteiger partial charge on any atom is -0.494 e. The molecule has 2 rings (SSSR count). The Kier molecular flexibility index (Phi) is 7.17. The van der Waals surface area contributed by atoms with Crippen LogP contribution in [0.4, 0.5) is 0 Å². The average molecular weight is 299 g/mol. The Morgan fingerprint density at radius 3 is 2.55 bits per heavy atom. The maximum atomic E-state index is 12.2.